The highest BCUT2D eigenvalue weighted by Gasteiger charge is 2.42. The molecule has 0 aromatic carbocycles. The van der Waals surface area contributed by atoms with E-state index in [0.29, 0.717) is 17.9 Å². The number of rotatable bonds is 1. The van der Waals surface area contributed by atoms with Crippen LogP contribution in [0.5, 0.6) is 0 Å². The number of alkyl halides is 3. The van der Waals surface area contributed by atoms with Crippen LogP contribution in [0, 0.1) is 5.92 Å². The van der Waals surface area contributed by atoms with Crippen LogP contribution in [0.4, 0.5) is 13.2 Å². The first-order chi connectivity index (χ1) is 8.95. The molecular formula is C12H13F3N4. The highest BCUT2D eigenvalue weighted by Crippen LogP contribution is 2.36. The van der Waals surface area contributed by atoms with Crippen molar-refractivity contribution in [3.05, 3.63) is 23.7 Å². The summed E-state index contributed by atoms with van der Waals surface area (Å²) in [6, 6.07) is 1.78. The monoisotopic (exact) mass is 270 g/mol. The lowest BCUT2D eigenvalue weighted by Gasteiger charge is -2.23. The summed E-state index contributed by atoms with van der Waals surface area (Å²) >= 11 is 0. The number of nitrogens with zero attached hydrogens (tertiary/aromatic N) is 3. The second-order valence-electron chi connectivity index (χ2n) is 4.83. The number of H-pyrrole nitrogens is 1. The fourth-order valence-corrected chi connectivity index (χ4v) is 2.49. The van der Waals surface area contributed by atoms with Crippen molar-refractivity contribution in [3.8, 4) is 11.5 Å². The van der Waals surface area contributed by atoms with Gasteiger partial charge in [-0.05, 0) is 18.9 Å². The van der Waals surface area contributed by atoms with E-state index in [9.17, 15) is 13.2 Å². The van der Waals surface area contributed by atoms with E-state index in [2.05, 4.69) is 15.1 Å². The molecule has 1 N–H and O–H groups in total. The minimum absolute atomic E-state index is 0.0102. The molecule has 1 aliphatic carbocycles. The Morgan fingerprint density at radius 3 is 2.84 bits per heavy atom. The van der Waals surface area contributed by atoms with E-state index in [1.165, 1.54) is 0 Å². The number of nitrogens with one attached hydrogen (secondary N) is 1. The van der Waals surface area contributed by atoms with Crippen molar-refractivity contribution >= 4 is 0 Å². The molecule has 0 bridgehead atoms. The van der Waals surface area contributed by atoms with Crippen molar-refractivity contribution in [1.29, 1.82) is 0 Å². The summed E-state index contributed by atoms with van der Waals surface area (Å²) in [5, 5.41) is 4.03. The zero-order valence-electron chi connectivity index (χ0n) is 10.3. The van der Waals surface area contributed by atoms with Crippen LogP contribution in [0.1, 0.15) is 17.8 Å². The molecule has 1 aliphatic rings. The molecule has 0 saturated heterocycles. The highest BCUT2D eigenvalue weighted by molar-refractivity contribution is 5.50. The molecule has 2 heterocycles. The predicted octanol–water partition coefficient (Wildman–Crippen LogP) is 2.48. The number of aromatic amines is 1. The maximum absolute atomic E-state index is 12.7. The summed E-state index contributed by atoms with van der Waals surface area (Å²) in [6.07, 6.45) is -2.02. The third kappa shape index (κ3) is 2.13. The largest absolute Gasteiger partial charge is 0.392 e. The van der Waals surface area contributed by atoms with Crippen LogP contribution in [-0.2, 0) is 19.9 Å². The van der Waals surface area contributed by atoms with Crippen LogP contribution < -0.4 is 0 Å². The third-order valence-corrected chi connectivity index (χ3v) is 3.57. The van der Waals surface area contributed by atoms with Crippen molar-refractivity contribution in [2.45, 2.75) is 25.4 Å². The lowest BCUT2D eigenvalue weighted by atomic mass is 9.89. The van der Waals surface area contributed by atoms with Gasteiger partial charge < -0.3 is 4.98 Å². The summed E-state index contributed by atoms with van der Waals surface area (Å²) < 4.78 is 39.8. The topological polar surface area (TPSA) is 46.5 Å². The number of aromatic nitrogens is 4. The summed E-state index contributed by atoms with van der Waals surface area (Å²) in [4.78, 5) is 7.39. The molecule has 1 atom stereocenters. The molecule has 4 nitrogen and oxygen atoms in total. The van der Waals surface area contributed by atoms with Crippen molar-refractivity contribution in [3.63, 3.8) is 0 Å². The predicted molar refractivity (Wildman–Crippen MR) is 62.4 cm³/mol. The first-order valence-electron chi connectivity index (χ1n) is 6.08. The van der Waals surface area contributed by atoms with Crippen molar-refractivity contribution in [2.24, 2.45) is 13.0 Å². The minimum atomic E-state index is -4.13. The Bertz CT molecular complexity index is 596. The minimum Gasteiger partial charge on any atom is -0.340 e. The van der Waals surface area contributed by atoms with Crippen LogP contribution >= 0.6 is 0 Å². The second kappa shape index (κ2) is 4.11. The Morgan fingerprint density at radius 2 is 2.21 bits per heavy atom. The zero-order chi connectivity index (χ0) is 13.6. The molecule has 2 aromatic rings. The van der Waals surface area contributed by atoms with Gasteiger partial charge >= 0.3 is 6.18 Å². The summed E-state index contributed by atoms with van der Waals surface area (Å²) in [6.45, 7) is 0. The van der Waals surface area contributed by atoms with Gasteiger partial charge in [-0.2, -0.15) is 18.3 Å². The van der Waals surface area contributed by atoms with Gasteiger partial charge in [0.15, 0.2) is 5.82 Å². The highest BCUT2D eigenvalue weighted by atomic mass is 19.4. The average molecular weight is 270 g/mol. The third-order valence-electron chi connectivity index (χ3n) is 3.57. The van der Waals surface area contributed by atoms with E-state index >= 15 is 0 Å². The Labute approximate surface area is 107 Å². The standard InChI is InChI=1S/C12H13F3N4/c1-19-10(4-5-16-19)11-17-8-3-2-7(12(13,14)15)6-9(8)18-11/h4-5,7H,2-3,6H2,1H3,(H,17,18). The first-order valence-corrected chi connectivity index (χ1v) is 6.08. The van der Waals surface area contributed by atoms with Crippen LogP contribution in [0.25, 0.3) is 11.5 Å². The smallest absolute Gasteiger partial charge is 0.340 e. The number of aryl methyl sites for hydroxylation is 2. The number of hydrogen-bond acceptors (Lipinski definition) is 2. The average Bonchev–Trinajstić information content (AvgIpc) is 2.91. The first kappa shape index (κ1) is 12.3. The molecule has 0 aliphatic heterocycles. The second-order valence-corrected chi connectivity index (χ2v) is 4.83. The Hall–Kier alpha value is -1.79. The molecule has 2 aromatic heterocycles. The molecule has 0 spiro atoms. The summed E-state index contributed by atoms with van der Waals surface area (Å²) in [5.41, 5.74) is 2.12. The maximum atomic E-state index is 12.7. The SMILES string of the molecule is Cn1nccc1-c1nc2c([nH]1)CC(C(F)(F)F)CC2. The van der Waals surface area contributed by atoms with E-state index in [4.69, 9.17) is 0 Å². The van der Waals surface area contributed by atoms with E-state index in [0.717, 1.165) is 11.4 Å². The lowest BCUT2D eigenvalue weighted by molar-refractivity contribution is -0.177. The molecule has 0 saturated carbocycles. The summed E-state index contributed by atoms with van der Waals surface area (Å²) in [7, 11) is 1.77. The number of imidazole rings is 1. The van der Waals surface area contributed by atoms with Crippen molar-refractivity contribution in [2.75, 3.05) is 0 Å². The number of halogens is 3. The van der Waals surface area contributed by atoms with Crippen molar-refractivity contribution < 1.29 is 13.2 Å². The van der Waals surface area contributed by atoms with E-state index in [1.807, 2.05) is 0 Å². The Kier molecular flexibility index (Phi) is 2.65. The van der Waals surface area contributed by atoms with Gasteiger partial charge in [0, 0.05) is 25.4 Å². The fraction of sp³-hybridized carbons (Fsp3) is 0.500. The lowest BCUT2D eigenvalue weighted by Crippen LogP contribution is -2.28. The Balaban J connectivity index is 1.91. The van der Waals surface area contributed by atoms with Crippen LogP contribution in [0.15, 0.2) is 12.3 Å². The maximum Gasteiger partial charge on any atom is 0.392 e. The van der Waals surface area contributed by atoms with Gasteiger partial charge in [-0.3, -0.25) is 4.68 Å². The molecule has 7 heteroatoms. The summed E-state index contributed by atoms with van der Waals surface area (Å²) in [5.74, 6) is -0.673. The quantitative estimate of drug-likeness (QED) is 0.865. The number of hydrogen-bond donors (Lipinski definition) is 1. The molecule has 3 rings (SSSR count). The van der Waals surface area contributed by atoms with Gasteiger partial charge in [-0.1, -0.05) is 0 Å². The van der Waals surface area contributed by atoms with Gasteiger partial charge in [0.1, 0.15) is 5.69 Å². The van der Waals surface area contributed by atoms with Gasteiger partial charge in [0.05, 0.1) is 11.6 Å². The fourth-order valence-electron chi connectivity index (χ4n) is 2.49. The van der Waals surface area contributed by atoms with Crippen molar-refractivity contribution in [1.82, 2.24) is 19.7 Å². The van der Waals surface area contributed by atoms with Gasteiger partial charge in [0.2, 0.25) is 0 Å². The molecular weight excluding hydrogens is 257 g/mol. The van der Waals surface area contributed by atoms with Crippen LogP contribution in [0.2, 0.25) is 0 Å². The molecule has 0 amide bonds. The van der Waals surface area contributed by atoms with E-state index < -0.39 is 12.1 Å². The van der Waals surface area contributed by atoms with E-state index in [-0.39, 0.29) is 12.8 Å². The molecule has 102 valence electrons. The van der Waals surface area contributed by atoms with Gasteiger partial charge in [-0.25, -0.2) is 4.98 Å². The normalized spacial score (nSPS) is 19.5. The molecule has 1 unspecified atom stereocenters. The molecule has 0 radical (unpaired) electrons. The van der Waals surface area contributed by atoms with E-state index in [1.54, 1.807) is 24.0 Å². The van der Waals surface area contributed by atoms with Crippen LogP contribution in [0.3, 0.4) is 0 Å². The zero-order valence-corrected chi connectivity index (χ0v) is 10.3. The Morgan fingerprint density at radius 1 is 1.42 bits per heavy atom. The van der Waals surface area contributed by atoms with Gasteiger partial charge in [-0.15, -0.1) is 0 Å². The van der Waals surface area contributed by atoms with Crippen LogP contribution in [-0.4, -0.2) is 25.9 Å². The molecule has 19 heavy (non-hydrogen) atoms. The van der Waals surface area contributed by atoms with Gasteiger partial charge in [0.25, 0.3) is 0 Å². The number of fused-ring (bicyclic) bond motifs is 1. The molecule has 0 fully saturated rings.